The molecule has 3 rings (SSSR count). The van der Waals surface area contributed by atoms with Gasteiger partial charge in [0.25, 0.3) is 5.91 Å². The Morgan fingerprint density at radius 1 is 1.25 bits per heavy atom. The molecule has 1 saturated heterocycles. The fourth-order valence-electron chi connectivity index (χ4n) is 3.99. The summed E-state index contributed by atoms with van der Waals surface area (Å²) in [6.45, 7) is 5.99. The number of aromatic nitrogens is 1. The Labute approximate surface area is 189 Å². The molecule has 0 radical (unpaired) electrons. The molecular formula is C24H32N4O4. The van der Waals surface area contributed by atoms with Gasteiger partial charge in [-0.25, -0.2) is 9.78 Å². The number of anilines is 2. The van der Waals surface area contributed by atoms with Crippen LogP contribution in [-0.4, -0.2) is 72.8 Å². The van der Waals surface area contributed by atoms with Crippen molar-refractivity contribution in [2.75, 3.05) is 50.1 Å². The molecule has 1 aliphatic heterocycles. The van der Waals surface area contributed by atoms with Gasteiger partial charge in [-0.2, -0.15) is 0 Å². The summed E-state index contributed by atoms with van der Waals surface area (Å²) in [6.07, 6.45) is 4.41. The zero-order valence-corrected chi connectivity index (χ0v) is 18.8. The SMILES string of the molecule is CCOCCCN(C)C1CCN(c2ncc(NC(=O)c3ccccc3)cc2C(=O)O)CC1. The minimum absolute atomic E-state index is 0.0966. The quantitative estimate of drug-likeness (QED) is 0.547. The normalized spacial score (nSPS) is 14.5. The summed E-state index contributed by atoms with van der Waals surface area (Å²) in [7, 11) is 2.14. The van der Waals surface area contributed by atoms with Gasteiger partial charge in [0, 0.05) is 44.5 Å². The second-order valence-corrected chi connectivity index (χ2v) is 7.97. The molecule has 0 atom stereocenters. The predicted octanol–water partition coefficient (Wildman–Crippen LogP) is 3.36. The van der Waals surface area contributed by atoms with Crippen molar-refractivity contribution >= 4 is 23.4 Å². The third kappa shape index (κ3) is 6.27. The highest BCUT2D eigenvalue weighted by atomic mass is 16.5. The fourth-order valence-corrected chi connectivity index (χ4v) is 3.99. The van der Waals surface area contributed by atoms with Crippen LogP contribution in [0.4, 0.5) is 11.5 Å². The Bertz CT molecular complexity index is 898. The molecule has 32 heavy (non-hydrogen) atoms. The maximum absolute atomic E-state index is 12.4. The fraction of sp³-hybridized carbons (Fsp3) is 0.458. The molecule has 1 amide bonds. The van der Waals surface area contributed by atoms with Crippen molar-refractivity contribution < 1.29 is 19.4 Å². The third-order valence-electron chi connectivity index (χ3n) is 5.78. The molecular weight excluding hydrogens is 408 g/mol. The summed E-state index contributed by atoms with van der Waals surface area (Å²) in [6, 6.07) is 10.7. The molecule has 1 aromatic heterocycles. The summed E-state index contributed by atoms with van der Waals surface area (Å²) in [5, 5.41) is 12.5. The van der Waals surface area contributed by atoms with Gasteiger partial charge in [0.05, 0.1) is 11.9 Å². The highest BCUT2D eigenvalue weighted by Crippen LogP contribution is 2.26. The van der Waals surface area contributed by atoms with E-state index in [1.807, 2.05) is 17.9 Å². The minimum Gasteiger partial charge on any atom is -0.478 e. The predicted molar refractivity (Wildman–Crippen MR) is 125 cm³/mol. The van der Waals surface area contributed by atoms with Crippen LogP contribution >= 0.6 is 0 Å². The highest BCUT2D eigenvalue weighted by Gasteiger charge is 2.26. The zero-order chi connectivity index (χ0) is 22.9. The molecule has 1 aromatic carbocycles. The Balaban J connectivity index is 1.62. The molecule has 0 unspecified atom stereocenters. The monoisotopic (exact) mass is 440 g/mol. The van der Waals surface area contributed by atoms with E-state index in [4.69, 9.17) is 4.74 Å². The van der Waals surface area contributed by atoms with Crippen LogP contribution in [0, 0.1) is 0 Å². The first-order valence-electron chi connectivity index (χ1n) is 11.1. The number of amides is 1. The number of carboxylic acids is 1. The van der Waals surface area contributed by atoms with Crippen molar-refractivity contribution in [1.29, 1.82) is 0 Å². The molecule has 2 N–H and O–H groups in total. The summed E-state index contributed by atoms with van der Waals surface area (Å²) in [4.78, 5) is 33.1. The smallest absolute Gasteiger partial charge is 0.339 e. The van der Waals surface area contributed by atoms with E-state index >= 15 is 0 Å². The van der Waals surface area contributed by atoms with Crippen LogP contribution in [0.2, 0.25) is 0 Å². The van der Waals surface area contributed by atoms with E-state index in [2.05, 4.69) is 22.2 Å². The zero-order valence-electron chi connectivity index (χ0n) is 18.8. The number of hydrogen-bond acceptors (Lipinski definition) is 6. The van der Waals surface area contributed by atoms with Gasteiger partial charge < -0.3 is 25.0 Å². The Morgan fingerprint density at radius 3 is 2.62 bits per heavy atom. The number of carboxylic acid groups (broad SMARTS) is 1. The van der Waals surface area contributed by atoms with Crippen LogP contribution < -0.4 is 10.2 Å². The van der Waals surface area contributed by atoms with Gasteiger partial charge in [-0.3, -0.25) is 4.79 Å². The molecule has 0 saturated carbocycles. The highest BCUT2D eigenvalue weighted by molar-refractivity contribution is 6.05. The number of carbonyl (C=O) groups is 2. The van der Waals surface area contributed by atoms with Crippen molar-refractivity contribution in [2.45, 2.75) is 32.2 Å². The Morgan fingerprint density at radius 2 is 1.97 bits per heavy atom. The van der Waals surface area contributed by atoms with Crippen LogP contribution in [0.5, 0.6) is 0 Å². The molecule has 0 spiro atoms. The lowest BCUT2D eigenvalue weighted by Crippen LogP contribution is -2.44. The molecule has 1 aliphatic rings. The van der Waals surface area contributed by atoms with Crippen LogP contribution in [-0.2, 0) is 4.74 Å². The first-order valence-corrected chi connectivity index (χ1v) is 11.1. The third-order valence-corrected chi connectivity index (χ3v) is 5.78. The van der Waals surface area contributed by atoms with Crippen LogP contribution in [0.3, 0.4) is 0 Å². The Kier molecular flexibility index (Phi) is 8.58. The van der Waals surface area contributed by atoms with E-state index in [0.717, 1.165) is 52.1 Å². The maximum Gasteiger partial charge on any atom is 0.339 e. The average molecular weight is 441 g/mol. The molecule has 2 heterocycles. The first-order chi connectivity index (χ1) is 15.5. The topological polar surface area (TPSA) is 95.0 Å². The van der Waals surface area contributed by atoms with E-state index in [1.165, 1.54) is 12.3 Å². The second kappa shape index (κ2) is 11.6. The largest absolute Gasteiger partial charge is 0.478 e. The van der Waals surface area contributed by atoms with Gasteiger partial charge in [-0.1, -0.05) is 18.2 Å². The van der Waals surface area contributed by atoms with Gasteiger partial charge in [0.2, 0.25) is 0 Å². The Hall–Kier alpha value is -2.97. The van der Waals surface area contributed by atoms with E-state index in [1.54, 1.807) is 24.3 Å². The van der Waals surface area contributed by atoms with E-state index in [-0.39, 0.29) is 11.5 Å². The number of piperidine rings is 1. The maximum atomic E-state index is 12.4. The lowest BCUT2D eigenvalue weighted by atomic mass is 10.0. The van der Waals surface area contributed by atoms with E-state index in [9.17, 15) is 14.7 Å². The molecule has 172 valence electrons. The number of hydrogen-bond donors (Lipinski definition) is 2. The standard InChI is InChI=1S/C24H32N4O4/c1-3-32-15-7-12-27(2)20-10-13-28(14-11-20)22-21(24(30)31)16-19(17-25-22)26-23(29)18-8-5-4-6-9-18/h4-6,8-9,16-17,20H,3,7,10-15H2,1-2H3,(H,26,29)(H,30,31). The van der Waals surface area contributed by atoms with Gasteiger partial charge in [-0.15, -0.1) is 0 Å². The second-order valence-electron chi connectivity index (χ2n) is 7.97. The molecule has 8 nitrogen and oxygen atoms in total. The summed E-state index contributed by atoms with van der Waals surface area (Å²) in [5.74, 6) is -0.907. The van der Waals surface area contributed by atoms with Gasteiger partial charge in [0.15, 0.2) is 0 Å². The number of nitrogens with one attached hydrogen (secondary N) is 1. The number of ether oxygens (including phenoxy) is 1. The van der Waals surface area contributed by atoms with E-state index in [0.29, 0.717) is 23.1 Å². The molecule has 8 heteroatoms. The lowest BCUT2D eigenvalue weighted by molar-refractivity contribution is 0.0696. The van der Waals surface area contributed by atoms with Gasteiger partial charge >= 0.3 is 5.97 Å². The molecule has 0 aliphatic carbocycles. The number of aromatic carboxylic acids is 1. The summed E-state index contributed by atoms with van der Waals surface area (Å²) < 4.78 is 5.42. The van der Waals surface area contributed by atoms with Crippen molar-refractivity contribution in [2.24, 2.45) is 0 Å². The van der Waals surface area contributed by atoms with Crippen LogP contribution in [0.15, 0.2) is 42.6 Å². The summed E-state index contributed by atoms with van der Waals surface area (Å²) in [5.41, 5.74) is 0.962. The number of carbonyl (C=O) groups excluding carboxylic acids is 1. The molecule has 2 aromatic rings. The number of nitrogens with zero attached hydrogens (tertiary/aromatic N) is 3. The van der Waals surface area contributed by atoms with Gasteiger partial charge in [0.1, 0.15) is 11.4 Å². The number of benzene rings is 1. The van der Waals surface area contributed by atoms with E-state index < -0.39 is 5.97 Å². The number of rotatable bonds is 10. The molecule has 1 fully saturated rings. The minimum atomic E-state index is -1.06. The summed E-state index contributed by atoms with van der Waals surface area (Å²) >= 11 is 0. The van der Waals surface area contributed by atoms with Crippen molar-refractivity contribution in [3.05, 3.63) is 53.7 Å². The van der Waals surface area contributed by atoms with Gasteiger partial charge in [-0.05, 0) is 51.4 Å². The molecule has 0 bridgehead atoms. The lowest BCUT2D eigenvalue weighted by Gasteiger charge is -2.37. The van der Waals surface area contributed by atoms with Crippen molar-refractivity contribution in [3.8, 4) is 0 Å². The number of pyridine rings is 1. The van der Waals surface area contributed by atoms with Crippen LogP contribution in [0.1, 0.15) is 46.9 Å². The van der Waals surface area contributed by atoms with Crippen LogP contribution in [0.25, 0.3) is 0 Å². The average Bonchev–Trinajstić information content (AvgIpc) is 2.82. The van der Waals surface area contributed by atoms with Crippen molar-refractivity contribution in [1.82, 2.24) is 9.88 Å². The van der Waals surface area contributed by atoms with Crippen molar-refractivity contribution in [3.63, 3.8) is 0 Å². The first kappa shape index (κ1) is 23.7.